The third-order valence-electron chi connectivity index (χ3n) is 1.17. The van der Waals surface area contributed by atoms with Crippen LogP contribution >= 0.6 is 0 Å². The Bertz CT molecular complexity index is 260. The van der Waals surface area contributed by atoms with E-state index in [9.17, 15) is 10.2 Å². The molecule has 0 unspecified atom stereocenters. The van der Waals surface area contributed by atoms with Gasteiger partial charge in [0.15, 0.2) is 0 Å². The molecule has 2 aliphatic rings. The summed E-state index contributed by atoms with van der Waals surface area (Å²) < 4.78 is 0. The first-order valence-electron chi connectivity index (χ1n) is 6.84. The van der Waals surface area contributed by atoms with E-state index in [4.69, 9.17) is 0 Å². The fourth-order valence-corrected chi connectivity index (χ4v) is 0.680. The van der Waals surface area contributed by atoms with Gasteiger partial charge < -0.3 is 10.2 Å². The summed E-state index contributed by atoms with van der Waals surface area (Å²) in [6.45, 7) is 9.79. The average Bonchev–Trinajstić information content (AvgIpc) is 2.92. The molecule has 0 atom stereocenters. The number of hydrogen-bond acceptors (Lipinski definition) is 2. The summed E-state index contributed by atoms with van der Waals surface area (Å²) in [5.41, 5.74) is -1.50. The van der Waals surface area contributed by atoms with Crippen molar-refractivity contribution in [1.82, 2.24) is 0 Å². The molecule has 3 heteroatoms. The maximum Gasteiger partial charge on any atom is 4.00 e. The zero-order valence-corrected chi connectivity index (χ0v) is 16.7. The Morgan fingerprint density at radius 1 is 0.714 bits per heavy atom. The molecule has 0 amide bonds. The molecule has 2 aliphatic carbocycles. The van der Waals surface area contributed by atoms with Gasteiger partial charge in [0.2, 0.25) is 0 Å². The first-order chi connectivity index (χ1) is 9.00. The Hall–Kier alpha value is -0.237. The minimum atomic E-state index is -0.750. The molecular formula is C18H28O2Zr. The molecule has 2 rings (SSSR count). The Labute approximate surface area is 150 Å². The molecule has 2 nitrogen and oxygen atoms in total. The monoisotopic (exact) mass is 366 g/mol. The van der Waals surface area contributed by atoms with Crippen LogP contribution in [-0.2, 0) is 26.2 Å². The Morgan fingerprint density at radius 3 is 1.00 bits per heavy atom. The van der Waals surface area contributed by atoms with E-state index in [-0.39, 0.29) is 26.2 Å². The maximum atomic E-state index is 10.1. The second-order valence-corrected chi connectivity index (χ2v) is 6.23. The molecule has 0 radical (unpaired) electrons. The van der Waals surface area contributed by atoms with E-state index in [1.807, 2.05) is 24.3 Å². The van der Waals surface area contributed by atoms with E-state index < -0.39 is 11.2 Å². The topological polar surface area (TPSA) is 46.1 Å². The minimum absolute atomic E-state index is 0. The molecule has 0 heterocycles. The van der Waals surface area contributed by atoms with Crippen molar-refractivity contribution in [3.8, 4) is 0 Å². The second kappa shape index (κ2) is 14.7. The van der Waals surface area contributed by atoms with E-state index in [2.05, 4.69) is 24.3 Å². The predicted octanol–water partition coefficient (Wildman–Crippen LogP) is 2.90. The average molecular weight is 368 g/mol. The fourth-order valence-electron chi connectivity index (χ4n) is 0.680. The molecule has 0 bridgehead atoms. The van der Waals surface area contributed by atoms with Crippen LogP contribution in [0.1, 0.15) is 54.4 Å². The van der Waals surface area contributed by atoms with Crippen molar-refractivity contribution in [2.75, 3.05) is 0 Å². The first-order valence-corrected chi connectivity index (χ1v) is 6.84. The predicted molar refractivity (Wildman–Crippen MR) is 82.6 cm³/mol. The van der Waals surface area contributed by atoms with E-state index in [1.165, 1.54) is 0 Å². The molecule has 21 heavy (non-hydrogen) atoms. The summed E-state index contributed by atoms with van der Waals surface area (Å²) in [6, 6.07) is 0. The van der Waals surface area contributed by atoms with Gasteiger partial charge in [-0.3, -0.25) is 12.2 Å². The maximum absolute atomic E-state index is 10.1. The summed E-state index contributed by atoms with van der Waals surface area (Å²) in [6.07, 6.45) is 20.0. The van der Waals surface area contributed by atoms with Crippen molar-refractivity contribution in [1.29, 1.82) is 0 Å². The molecular weight excluding hydrogens is 339 g/mol. The van der Waals surface area contributed by atoms with Crippen LogP contribution in [-0.4, -0.2) is 11.2 Å². The number of rotatable bonds is 0. The van der Waals surface area contributed by atoms with Gasteiger partial charge in [-0.05, 0) is 0 Å². The van der Waals surface area contributed by atoms with Gasteiger partial charge in [0, 0.05) is 0 Å². The Morgan fingerprint density at radius 2 is 0.952 bits per heavy atom. The smallest absolute Gasteiger partial charge is 0.850 e. The normalized spacial score (nSPS) is 14.1. The van der Waals surface area contributed by atoms with Gasteiger partial charge in [-0.2, -0.15) is 12.2 Å². The van der Waals surface area contributed by atoms with Crippen LogP contribution in [0.5, 0.6) is 0 Å². The van der Waals surface area contributed by atoms with Gasteiger partial charge in [0.1, 0.15) is 0 Å². The molecule has 0 aromatic rings. The molecule has 0 aromatic carbocycles. The van der Waals surface area contributed by atoms with E-state index in [1.54, 1.807) is 41.5 Å². The fraction of sp³-hybridized carbons (Fsp3) is 0.556. The van der Waals surface area contributed by atoms with Gasteiger partial charge >= 0.3 is 26.2 Å². The van der Waals surface area contributed by atoms with Crippen molar-refractivity contribution in [2.24, 2.45) is 0 Å². The molecule has 0 saturated carbocycles. The van der Waals surface area contributed by atoms with Crippen LogP contribution in [0.15, 0.2) is 36.5 Å². The summed E-state index contributed by atoms with van der Waals surface area (Å²) in [7, 11) is 0. The summed E-state index contributed by atoms with van der Waals surface area (Å²) >= 11 is 0. The Kier molecular flexibility index (Phi) is 18.0. The molecule has 0 aromatic heterocycles. The molecule has 0 aliphatic heterocycles. The van der Waals surface area contributed by atoms with Crippen molar-refractivity contribution >= 4 is 0 Å². The van der Waals surface area contributed by atoms with Crippen LogP contribution < -0.4 is 10.2 Å². The number of allylic oxidation sites excluding steroid dienone is 8. The van der Waals surface area contributed by atoms with Gasteiger partial charge in [0.25, 0.3) is 0 Å². The molecule has 116 valence electrons. The van der Waals surface area contributed by atoms with Gasteiger partial charge in [-0.15, -0.1) is 24.0 Å². The SMILES string of the molecule is CC(C)(C)[O-].CC(C)(C)[O-].[C-]1=CC=CC1.[C-]1=CC=CC1.[Zr+4]. The van der Waals surface area contributed by atoms with Crippen molar-refractivity contribution in [3.05, 3.63) is 48.6 Å². The second-order valence-electron chi connectivity index (χ2n) is 6.23. The van der Waals surface area contributed by atoms with E-state index in [0.717, 1.165) is 12.8 Å². The van der Waals surface area contributed by atoms with Crippen LogP contribution in [0, 0.1) is 12.2 Å². The summed E-state index contributed by atoms with van der Waals surface area (Å²) in [4.78, 5) is 0. The Balaban J connectivity index is -0.000000202. The van der Waals surface area contributed by atoms with Gasteiger partial charge in [0.05, 0.1) is 0 Å². The molecule has 0 saturated heterocycles. The van der Waals surface area contributed by atoms with E-state index >= 15 is 0 Å². The minimum Gasteiger partial charge on any atom is -0.850 e. The van der Waals surface area contributed by atoms with Crippen LogP contribution in [0.3, 0.4) is 0 Å². The van der Waals surface area contributed by atoms with Crippen LogP contribution in [0.25, 0.3) is 0 Å². The zero-order chi connectivity index (χ0) is 16.1. The quantitative estimate of drug-likeness (QED) is 0.618. The molecule has 0 spiro atoms. The van der Waals surface area contributed by atoms with E-state index in [0.29, 0.717) is 0 Å². The zero-order valence-electron chi connectivity index (χ0n) is 14.2. The third kappa shape index (κ3) is 65.4. The van der Waals surface area contributed by atoms with Crippen LogP contribution in [0.4, 0.5) is 0 Å². The molecule has 0 fully saturated rings. The standard InChI is InChI=1S/2C5H5.2C4H9O.Zr/c2*1-2-4-5-3-1;2*1-4(2,3)5;/h2*1-3H,4H2;2*1-3H3;/q4*-1;+4. The van der Waals surface area contributed by atoms with Crippen LogP contribution in [0.2, 0.25) is 0 Å². The van der Waals surface area contributed by atoms with Gasteiger partial charge in [-0.25, -0.2) is 24.3 Å². The van der Waals surface area contributed by atoms with Crippen molar-refractivity contribution in [2.45, 2.75) is 65.6 Å². The molecule has 0 N–H and O–H groups in total. The number of hydrogen-bond donors (Lipinski definition) is 0. The first kappa shape index (κ1) is 25.7. The summed E-state index contributed by atoms with van der Waals surface area (Å²) in [5.74, 6) is 0. The van der Waals surface area contributed by atoms with Crippen molar-refractivity contribution in [3.63, 3.8) is 0 Å². The summed E-state index contributed by atoms with van der Waals surface area (Å²) in [5, 5.41) is 20.2. The van der Waals surface area contributed by atoms with Gasteiger partial charge in [-0.1, -0.05) is 41.5 Å². The largest absolute Gasteiger partial charge is 4.00 e. The third-order valence-corrected chi connectivity index (χ3v) is 1.17. The van der Waals surface area contributed by atoms with Crippen molar-refractivity contribution < 1.29 is 36.4 Å².